The molecule has 2 aromatic rings. The summed E-state index contributed by atoms with van der Waals surface area (Å²) in [6.45, 7) is 3.95. The van der Waals surface area contributed by atoms with Crippen molar-refractivity contribution in [1.29, 1.82) is 0 Å². The fourth-order valence-corrected chi connectivity index (χ4v) is 1.67. The summed E-state index contributed by atoms with van der Waals surface area (Å²) >= 11 is 0. The minimum absolute atomic E-state index is 0.282. The molecule has 0 fully saturated rings. The molecule has 0 bridgehead atoms. The lowest BCUT2D eigenvalue weighted by Gasteiger charge is -2.04. The van der Waals surface area contributed by atoms with Crippen LogP contribution in [0.3, 0.4) is 0 Å². The fourth-order valence-electron chi connectivity index (χ4n) is 1.67. The number of H-pyrrole nitrogens is 1. The Morgan fingerprint density at radius 2 is 2.25 bits per heavy atom. The van der Waals surface area contributed by atoms with Crippen molar-refractivity contribution in [2.45, 2.75) is 13.8 Å². The average Bonchev–Trinajstić information content (AvgIpc) is 2.77. The molecule has 6 heteroatoms. The number of carbonyl (C=O) groups excluding carboxylic acids is 1. The number of aromatic nitrogens is 3. The Balaban J connectivity index is 2.14. The lowest BCUT2D eigenvalue weighted by atomic mass is 10.2. The van der Waals surface area contributed by atoms with Crippen LogP contribution in [0.2, 0.25) is 0 Å². The molecule has 2 aromatic heterocycles. The first kappa shape index (κ1) is 13.8. The van der Waals surface area contributed by atoms with E-state index in [0.717, 1.165) is 17.0 Å². The van der Waals surface area contributed by atoms with Crippen molar-refractivity contribution in [3.05, 3.63) is 41.0 Å². The van der Waals surface area contributed by atoms with Crippen molar-refractivity contribution in [3.63, 3.8) is 0 Å². The molecule has 0 atom stereocenters. The maximum Gasteiger partial charge on any atom is 0.274 e. The van der Waals surface area contributed by atoms with Crippen LogP contribution < -0.4 is 11.1 Å². The zero-order valence-corrected chi connectivity index (χ0v) is 11.3. The zero-order valence-electron chi connectivity index (χ0n) is 11.3. The van der Waals surface area contributed by atoms with Crippen molar-refractivity contribution in [2.24, 2.45) is 5.73 Å². The van der Waals surface area contributed by atoms with Gasteiger partial charge in [-0.15, -0.1) is 0 Å². The number of hydrogen-bond acceptors (Lipinski definition) is 4. The molecular weight excluding hydrogens is 254 g/mol. The SMILES string of the molecule is Cc1n[nH]c(C)c1NC(=O)c1ccc(C#CCN)cn1. The number of nitrogens with one attached hydrogen (secondary N) is 2. The topological polar surface area (TPSA) is 96.7 Å². The fraction of sp³-hybridized carbons (Fsp3) is 0.214. The molecular formula is C14H15N5O. The first-order valence-corrected chi connectivity index (χ1v) is 6.09. The number of aromatic amines is 1. The molecule has 102 valence electrons. The molecule has 0 radical (unpaired) electrons. The van der Waals surface area contributed by atoms with Crippen LogP contribution in [-0.2, 0) is 0 Å². The molecule has 1 amide bonds. The summed E-state index contributed by atoms with van der Waals surface area (Å²) in [5, 5.41) is 9.62. The minimum Gasteiger partial charge on any atom is -0.320 e. The molecule has 0 aliphatic rings. The van der Waals surface area contributed by atoms with E-state index in [9.17, 15) is 4.79 Å². The van der Waals surface area contributed by atoms with Gasteiger partial charge in [0, 0.05) is 11.8 Å². The number of carbonyl (C=O) groups is 1. The number of aryl methyl sites for hydroxylation is 2. The summed E-state index contributed by atoms with van der Waals surface area (Å²) in [6, 6.07) is 3.36. The van der Waals surface area contributed by atoms with Gasteiger partial charge in [0.05, 0.1) is 23.6 Å². The zero-order chi connectivity index (χ0) is 14.5. The van der Waals surface area contributed by atoms with Crippen LogP contribution in [0.5, 0.6) is 0 Å². The van der Waals surface area contributed by atoms with Crippen molar-refractivity contribution >= 4 is 11.6 Å². The third-order valence-corrected chi connectivity index (χ3v) is 2.70. The van der Waals surface area contributed by atoms with Crippen molar-refractivity contribution in [3.8, 4) is 11.8 Å². The van der Waals surface area contributed by atoms with E-state index < -0.39 is 0 Å². The summed E-state index contributed by atoms with van der Waals surface area (Å²) in [5.74, 6) is 5.30. The Morgan fingerprint density at radius 3 is 2.80 bits per heavy atom. The number of amides is 1. The average molecular weight is 269 g/mol. The highest BCUT2D eigenvalue weighted by Gasteiger charge is 2.12. The predicted molar refractivity (Wildman–Crippen MR) is 76.2 cm³/mol. The van der Waals surface area contributed by atoms with Crippen LogP contribution in [0.15, 0.2) is 18.3 Å². The Bertz CT molecular complexity index is 656. The van der Waals surface area contributed by atoms with Gasteiger partial charge in [-0.1, -0.05) is 11.8 Å². The highest BCUT2D eigenvalue weighted by Crippen LogP contribution is 2.16. The molecule has 0 aromatic carbocycles. The van der Waals surface area contributed by atoms with Gasteiger partial charge >= 0.3 is 0 Å². The quantitative estimate of drug-likeness (QED) is 0.708. The molecule has 0 spiro atoms. The molecule has 4 N–H and O–H groups in total. The van der Waals surface area contributed by atoms with E-state index in [-0.39, 0.29) is 5.91 Å². The maximum absolute atomic E-state index is 12.1. The number of rotatable bonds is 2. The van der Waals surface area contributed by atoms with E-state index in [1.807, 2.05) is 13.8 Å². The molecule has 0 saturated carbocycles. The van der Waals surface area contributed by atoms with E-state index in [1.54, 1.807) is 18.3 Å². The first-order valence-electron chi connectivity index (χ1n) is 6.09. The second-order valence-corrected chi connectivity index (χ2v) is 4.20. The smallest absolute Gasteiger partial charge is 0.274 e. The Morgan fingerprint density at radius 1 is 1.45 bits per heavy atom. The number of hydrogen-bond donors (Lipinski definition) is 3. The molecule has 0 aliphatic heterocycles. The molecule has 20 heavy (non-hydrogen) atoms. The number of anilines is 1. The monoisotopic (exact) mass is 269 g/mol. The standard InChI is InChI=1S/C14H15N5O/c1-9-13(10(2)19-18-9)17-14(20)12-6-5-11(8-16-12)4-3-7-15/h5-6,8H,7,15H2,1-2H3,(H,17,20)(H,18,19). The van der Waals surface area contributed by atoms with E-state index in [4.69, 9.17) is 5.73 Å². The van der Waals surface area contributed by atoms with E-state index >= 15 is 0 Å². The number of pyridine rings is 1. The summed E-state index contributed by atoms with van der Waals surface area (Å²) in [6.07, 6.45) is 1.55. The summed E-state index contributed by atoms with van der Waals surface area (Å²) in [5.41, 5.74) is 8.57. The second-order valence-electron chi connectivity index (χ2n) is 4.20. The van der Waals surface area contributed by atoms with Gasteiger partial charge in [-0.25, -0.2) is 4.98 Å². The van der Waals surface area contributed by atoms with Crippen molar-refractivity contribution in [1.82, 2.24) is 15.2 Å². The summed E-state index contributed by atoms with van der Waals surface area (Å²) in [4.78, 5) is 16.2. The van der Waals surface area contributed by atoms with E-state index in [2.05, 4.69) is 32.3 Å². The van der Waals surface area contributed by atoms with Crippen LogP contribution in [0.4, 0.5) is 5.69 Å². The van der Waals surface area contributed by atoms with Gasteiger partial charge < -0.3 is 11.1 Å². The molecule has 0 saturated heterocycles. The highest BCUT2D eigenvalue weighted by atomic mass is 16.1. The molecule has 2 rings (SSSR count). The van der Waals surface area contributed by atoms with Gasteiger partial charge in [-0.05, 0) is 26.0 Å². The second kappa shape index (κ2) is 5.99. The van der Waals surface area contributed by atoms with Crippen LogP contribution >= 0.6 is 0 Å². The van der Waals surface area contributed by atoms with Crippen LogP contribution in [0.25, 0.3) is 0 Å². The largest absolute Gasteiger partial charge is 0.320 e. The van der Waals surface area contributed by atoms with Gasteiger partial charge in [-0.2, -0.15) is 5.10 Å². The Hall–Kier alpha value is -2.65. The summed E-state index contributed by atoms with van der Waals surface area (Å²) < 4.78 is 0. The summed E-state index contributed by atoms with van der Waals surface area (Å²) in [7, 11) is 0. The van der Waals surface area contributed by atoms with Gasteiger partial charge in [0.15, 0.2) is 0 Å². The molecule has 6 nitrogen and oxygen atoms in total. The third-order valence-electron chi connectivity index (χ3n) is 2.70. The number of nitrogens with two attached hydrogens (primary N) is 1. The van der Waals surface area contributed by atoms with Gasteiger partial charge in [0.1, 0.15) is 5.69 Å². The normalized spacial score (nSPS) is 9.75. The maximum atomic E-state index is 12.1. The van der Waals surface area contributed by atoms with Crippen LogP contribution in [0.1, 0.15) is 27.4 Å². The predicted octanol–water partition coefficient (Wildman–Crippen LogP) is 0.984. The van der Waals surface area contributed by atoms with Crippen molar-refractivity contribution in [2.75, 3.05) is 11.9 Å². The first-order chi connectivity index (χ1) is 9.61. The van der Waals surface area contributed by atoms with Crippen LogP contribution in [-0.4, -0.2) is 27.6 Å². The molecule has 2 heterocycles. The lowest BCUT2D eigenvalue weighted by molar-refractivity contribution is 0.102. The van der Waals surface area contributed by atoms with E-state index in [0.29, 0.717) is 17.9 Å². The Kier molecular flexibility index (Phi) is 4.13. The highest BCUT2D eigenvalue weighted by molar-refractivity contribution is 6.03. The van der Waals surface area contributed by atoms with Crippen LogP contribution in [0, 0.1) is 25.7 Å². The molecule has 0 aliphatic carbocycles. The Labute approximate surface area is 116 Å². The number of nitrogens with zero attached hydrogens (tertiary/aromatic N) is 2. The van der Waals surface area contributed by atoms with E-state index in [1.165, 1.54) is 0 Å². The van der Waals surface area contributed by atoms with Gasteiger partial charge in [0.25, 0.3) is 5.91 Å². The van der Waals surface area contributed by atoms with Gasteiger partial charge in [0.2, 0.25) is 0 Å². The third kappa shape index (κ3) is 3.02. The minimum atomic E-state index is -0.282. The molecule has 0 unspecified atom stereocenters. The van der Waals surface area contributed by atoms with Gasteiger partial charge in [-0.3, -0.25) is 9.89 Å². The van der Waals surface area contributed by atoms with Crippen molar-refractivity contribution < 1.29 is 4.79 Å². The lowest BCUT2D eigenvalue weighted by Crippen LogP contribution is -2.14.